The number of anilines is 1. The van der Waals surface area contributed by atoms with Gasteiger partial charge in [-0.05, 0) is 50.9 Å². The zero-order valence-corrected chi connectivity index (χ0v) is 16.4. The number of aromatic nitrogens is 1. The third kappa shape index (κ3) is 2.84. The number of carbonyl (C=O) groups excluding carboxylic acids is 3. The normalized spacial score (nSPS) is 12.7. The van der Waals surface area contributed by atoms with Crippen molar-refractivity contribution in [2.24, 2.45) is 0 Å². The van der Waals surface area contributed by atoms with E-state index in [1.807, 2.05) is 0 Å². The minimum absolute atomic E-state index is 0.0656. The van der Waals surface area contributed by atoms with Crippen LogP contribution in [0.4, 0.5) is 5.82 Å². The quantitative estimate of drug-likeness (QED) is 0.507. The fourth-order valence-corrected chi connectivity index (χ4v) is 4.16. The van der Waals surface area contributed by atoms with Crippen molar-refractivity contribution in [3.8, 4) is 5.69 Å². The predicted molar refractivity (Wildman–Crippen MR) is 99.6 cm³/mol. The van der Waals surface area contributed by atoms with Crippen molar-refractivity contribution in [2.75, 3.05) is 12.3 Å². The van der Waals surface area contributed by atoms with Gasteiger partial charge in [0.1, 0.15) is 5.82 Å². The Bertz CT molecular complexity index is 1020. The molecule has 10 heteroatoms. The third-order valence-electron chi connectivity index (χ3n) is 3.70. The Morgan fingerprint density at radius 2 is 1.77 bits per heavy atom. The number of amides is 2. The first-order valence-corrected chi connectivity index (χ1v) is 8.92. The average molecular weight is 485 g/mol. The van der Waals surface area contributed by atoms with Crippen LogP contribution in [0.5, 0.6) is 0 Å². The SMILES string of the molecule is CCOC(=O)c1cc(Br)c(-n2c(N)c3c(cc2=O)C(=O)NC3=O)c(Br)c1. The van der Waals surface area contributed by atoms with E-state index < -0.39 is 23.3 Å². The molecule has 0 saturated heterocycles. The number of imide groups is 1. The lowest BCUT2D eigenvalue weighted by atomic mass is 10.1. The maximum atomic E-state index is 12.5. The Kier molecular flexibility index (Phi) is 4.72. The molecular weight excluding hydrogens is 474 g/mol. The molecule has 1 aliphatic heterocycles. The van der Waals surface area contributed by atoms with Crippen LogP contribution in [0.25, 0.3) is 5.69 Å². The van der Waals surface area contributed by atoms with Crippen molar-refractivity contribution < 1.29 is 19.1 Å². The van der Waals surface area contributed by atoms with Crippen molar-refractivity contribution in [3.63, 3.8) is 0 Å². The molecule has 1 aromatic carbocycles. The van der Waals surface area contributed by atoms with Gasteiger partial charge < -0.3 is 10.5 Å². The maximum absolute atomic E-state index is 12.5. The molecule has 3 rings (SSSR count). The van der Waals surface area contributed by atoms with Gasteiger partial charge in [0.05, 0.1) is 29.0 Å². The molecule has 26 heavy (non-hydrogen) atoms. The summed E-state index contributed by atoms with van der Waals surface area (Å²) < 4.78 is 6.77. The molecule has 0 fully saturated rings. The van der Waals surface area contributed by atoms with Gasteiger partial charge in [-0.15, -0.1) is 0 Å². The molecule has 0 saturated carbocycles. The summed E-state index contributed by atoms with van der Waals surface area (Å²) in [6.45, 7) is 1.91. The molecule has 0 radical (unpaired) electrons. The standard InChI is InChI=1S/C16H11Br2N3O5/c1-2-26-16(25)6-3-8(17)12(9(18)4-6)21-10(22)5-7-11(13(21)19)15(24)20-14(7)23/h3-5H,2,19H2,1H3,(H,20,23,24). The Hall–Kier alpha value is -2.46. The zero-order chi connectivity index (χ0) is 19.2. The maximum Gasteiger partial charge on any atom is 0.338 e. The number of hydrogen-bond donors (Lipinski definition) is 2. The smallest absolute Gasteiger partial charge is 0.338 e. The van der Waals surface area contributed by atoms with Crippen LogP contribution < -0.4 is 16.6 Å². The number of ether oxygens (including phenoxy) is 1. The molecule has 2 heterocycles. The molecule has 0 bridgehead atoms. The largest absolute Gasteiger partial charge is 0.462 e. The van der Waals surface area contributed by atoms with E-state index in [1.165, 1.54) is 12.1 Å². The van der Waals surface area contributed by atoms with Gasteiger partial charge in [-0.3, -0.25) is 24.3 Å². The second-order valence-corrected chi connectivity index (χ2v) is 6.99. The zero-order valence-electron chi connectivity index (χ0n) is 13.3. The highest BCUT2D eigenvalue weighted by molar-refractivity contribution is 9.11. The Morgan fingerprint density at radius 3 is 2.35 bits per heavy atom. The average Bonchev–Trinajstić information content (AvgIpc) is 2.83. The van der Waals surface area contributed by atoms with Gasteiger partial charge in [0.15, 0.2) is 0 Å². The number of hydrogen-bond acceptors (Lipinski definition) is 6. The summed E-state index contributed by atoms with van der Waals surface area (Å²) in [4.78, 5) is 48.2. The van der Waals surface area contributed by atoms with Gasteiger partial charge in [0.25, 0.3) is 17.4 Å². The van der Waals surface area contributed by atoms with Crippen molar-refractivity contribution in [2.45, 2.75) is 6.92 Å². The fourth-order valence-electron chi connectivity index (χ4n) is 2.62. The van der Waals surface area contributed by atoms with Crippen molar-refractivity contribution in [1.29, 1.82) is 0 Å². The fraction of sp³-hybridized carbons (Fsp3) is 0.125. The first kappa shape index (κ1) is 18.3. The van der Waals surface area contributed by atoms with Gasteiger partial charge in [0, 0.05) is 15.0 Å². The van der Waals surface area contributed by atoms with Crippen LogP contribution in [-0.2, 0) is 4.74 Å². The summed E-state index contributed by atoms with van der Waals surface area (Å²) >= 11 is 6.62. The van der Waals surface area contributed by atoms with Crippen LogP contribution >= 0.6 is 31.9 Å². The summed E-state index contributed by atoms with van der Waals surface area (Å²) in [5.41, 5.74) is 5.83. The topological polar surface area (TPSA) is 120 Å². The lowest BCUT2D eigenvalue weighted by molar-refractivity contribution is 0.0526. The number of rotatable bonds is 3. The van der Waals surface area contributed by atoms with E-state index in [0.717, 1.165) is 10.6 Å². The Balaban J connectivity index is 2.24. The Morgan fingerprint density at radius 1 is 1.15 bits per heavy atom. The molecule has 8 nitrogen and oxygen atoms in total. The molecule has 134 valence electrons. The molecule has 3 N–H and O–H groups in total. The van der Waals surface area contributed by atoms with Gasteiger partial charge in [-0.2, -0.15) is 0 Å². The van der Waals surface area contributed by atoms with E-state index in [4.69, 9.17) is 10.5 Å². The monoisotopic (exact) mass is 483 g/mol. The van der Waals surface area contributed by atoms with Crippen LogP contribution in [0.1, 0.15) is 38.0 Å². The van der Waals surface area contributed by atoms with Crippen LogP contribution in [0.15, 0.2) is 31.9 Å². The predicted octanol–water partition coefficient (Wildman–Crippen LogP) is 2.00. The number of nitrogens with zero attached hydrogens (tertiary/aromatic N) is 1. The summed E-state index contributed by atoms with van der Waals surface area (Å²) in [7, 11) is 0. The highest BCUT2D eigenvalue weighted by atomic mass is 79.9. The van der Waals surface area contributed by atoms with E-state index in [9.17, 15) is 19.2 Å². The van der Waals surface area contributed by atoms with Crippen LogP contribution in [0.2, 0.25) is 0 Å². The molecule has 2 aromatic rings. The second kappa shape index (κ2) is 6.69. The van der Waals surface area contributed by atoms with Crippen molar-refractivity contribution >= 4 is 55.5 Å². The van der Waals surface area contributed by atoms with E-state index in [-0.39, 0.29) is 34.8 Å². The van der Waals surface area contributed by atoms with E-state index in [1.54, 1.807) is 6.92 Å². The summed E-state index contributed by atoms with van der Waals surface area (Å²) in [5.74, 6) is -2.05. The molecule has 0 spiro atoms. The number of pyridine rings is 1. The number of nitrogen functional groups attached to an aromatic ring is 1. The van der Waals surface area contributed by atoms with Crippen molar-refractivity contribution in [1.82, 2.24) is 9.88 Å². The van der Waals surface area contributed by atoms with E-state index >= 15 is 0 Å². The second-order valence-electron chi connectivity index (χ2n) is 5.28. The van der Waals surface area contributed by atoms with Gasteiger partial charge >= 0.3 is 5.97 Å². The summed E-state index contributed by atoms with van der Waals surface area (Å²) in [6.07, 6.45) is 0. The summed E-state index contributed by atoms with van der Waals surface area (Å²) in [6, 6.07) is 3.99. The van der Waals surface area contributed by atoms with E-state index in [2.05, 4.69) is 37.2 Å². The number of carbonyl (C=O) groups is 3. The molecule has 1 aliphatic rings. The van der Waals surface area contributed by atoms with Crippen LogP contribution in [0.3, 0.4) is 0 Å². The van der Waals surface area contributed by atoms with E-state index in [0.29, 0.717) is 8.95 Å². The first-order valence-electron chi connectivity index (χ1n) is 7.34. The summed E-state index contributed by atoms with van der Waals surface area (Å²) in [5, 5.41) is 2.10. The van der Waals surface area contributed by atoms with Gasteiger partial charge in [-0.1, -0.05) is 0 Å². The lowest BCUT2D eigenvalue weighted by Gasteiger charge is -2.16. The van der Waals surface area contributed by atoms with Crippen LogP contribution in [0, 0.1) is 0 Å². The molecular formula is C16H11Br2N3O5. The molecule has 0 aliphatic carbocycles. The third-order valence-corrected chi connectivity index (χ3v) is 4.91. The number of benzene rings is 1. The van der Waals surface area contributed by atoms with Crippen molar-refractivity contribution in [3.05, 3.63) is 54.2 Å². The molecule has 0 unspecified atom stereocenters. The first-order chi connectivity index (χ1) is 12.3. The van der Waals surface area contributed by atoms with Gasteiger partial charge in [-0.25, -0.2) is 4.79 Å². The highest BCUT2D eigenvalue weighted by Gasteiger charge is 2.32. The minimum Gasteiger partial charge on any atom is -0.462 e. The molecule has 0 atom stereocenters. The number of halogens is 2. The highest BCUT2D eigenvalue weighted by Crippen LogP contribution is 2.33. The Labute approximate surface area is 163 Å². The number of nitrogens with two attached hydrogens (primary N) is 1. The number of esters is 1. The van der Waals surface area contributed by atoms with Gasteiger partial charge in [0.2, 0.25) is 0 Å². The van der Waals surface area contributed by atoms with Crippen LogP contribution in [-0.4, -0.2) is 29.0 Å². The number of nitrogens with one attached hydrogen (secondary N) is 1. The molecule has 2 amide bonds. The number of fused-ring (bicyclic) bond motifs is 1. The molecule has 1 aromatic heterocycles. The lowest BCUT2D eigenvalue weighted by Crippen LogP contribution is -2.25. The minimum atomic E-state index is -0.674.